The number of piperazine rings is 1. The van der Waals surface area contributed by atoms with Crippen molar-refractivity contribution in [1.29, 1.82) is 0 Å². The second-order valence-electron chi connectivity index (χ2n) is 3.28. The van der Waals surface area contributed by atoms with Crippen LogP contribution in [0.3, 0.4) is 0 Å². The summed E-state index contributed by atoms with van der Waals surface area (Å²) in [6, 6.07) is 0.687. The van der Waals surface area contributed by atoms with E-state index in [9.17, 15) is 4.79 Å². The predicted octanol–water partition coefficient (Wildman–Crippen LogP) is 0.637. The van der Waals surface area contributed by atoms with Crippen LogP contribution in [-0.2, 0) is 4.79 Å². The minimum absolute atomic E-state index is 0. The number of amides is 1. The SMILES string of the molecule is CC(=O)N1[C@@H](C)CNC[C@@H]1C.Cl. The molecule has 1 fully saturated rings. The zero-order valence-electron chi connectivity index (χ0n) is 7.83. The molecule has 12 heavy (non-hydrogen) atoms. The average Bonchev–Trinajstić information content (AvgIpc) is 1.85. The maximum absolute atomic E-state index is 11.1. The molecule has 1 amide bonds. The van der Waals surface area contributed by atoms with Gasteiger partial charge in [0.05, 0.1) is 0 Å². The lowest BCUT2D eigenvalue weighted by molar-refractivity contribution is -0.134. The van der Waals surface area contributed by atoms with E-state index in [1.165, 1.54) is 0 Å². The number of nitrogens with zero attached hydrogens (tertiary/aromatic N) is 1. The first kappa shape index (κ1) is 11.7. The molecule has 0 unspecified atom stereocenters. The highest BCUT2D eigenvalue weighted by Gasteiger charge is 2.25. The summed E-state index contributed by atoms with van der Waals surface area (Å²) in [4.78, 5) is 13.1. The molecule has 4 heteroatoms. The number of hydrogen-bond donors (Lipinski definition) is 1. The molecule has 72 valence electrons. The third kappa shape index (κ3) is 2.35. The van der Waals surface area contributed by atoms with Crippen molar-refractivity contribution in [2.45, 2.75) is 32.9 Å². The van der Waals surface area contributed by atoms with E-state index in [1.54, 1.807) is 6.92 Å². The van der Waals surface area contributed by atoms with Crippen LogP contribution < -0.4 is 5.32 Å². The van der Waals surface area contributed by atoms with Crippen LogP contribution in [0.2, 0.25) is 0 Å². The summed E-state index contributed by atoms with van der Waals surface area (Å²) in [5.74, 6) is 0.187. The van der Waals surface area contributed by atoms with Crippen molar-refractivity contribution in [1.82, 2.24) is 10.2 Å². The van der Waals surface area contributed by atoms with Gasteiger partial charge in [0.15, 0.2) is 0 Å². The van der Waals surface area contributed by atoms with Crippen LogP contribution in [-0.4, -0.2) is 36.0 Å². The van der Waals surface area contributed by atoms with Crippen LogP contribution >= 0.6 is 12.4 Å². The van der Waals surface area contributed by atoms with E-state index in [1.807, 2.05) is 4.90 Å². The van der Waals surface area contributed by atoms with Gasteiger partial charge < -0.3 is 10.2 Å². The summed E-state index contributed by atoms with van der Waals surface area (Å²) in [6.45, 7) is 7.63. The van der Waals surface area contributed by atoms with Crippen molar-refractivity contribution in [3.05, 3.63) is 0 Å². The number of halogens is 1. The maximum atomic E-state index is 11.1. The van der Waals surface area contributed by atoms with E-state index in [4.69, 9.17) is 0 Å². The van der Waals surface area contributed by atoms with Crippen LogP contribution in [0, 0.1) is 0 Å². The first-order valence-corrected chi connectivity index (χ1v) is 4.12. The molecule has 3 nitrogen and oxygen atoms in total. The zero-order chi connectivity index (χ0) is 8.43. The highest BCUT2D eigenvalue weighted by molar-refractivity contribution is 5.85. The molecular formula is C8H17ClN2O. The van der Waals surface area contributed by atoms with Crippen molar-refractivity contribution >= 4 is 18.3 Å². The minimum atomic E-state index is 0. The van der Waals surface area contributed by atoms with Crippen molar-refractivity contribution < 1.29 is 4.79 Å². The quantitative estimate of drug-likeness (QED) is 0.611. The molecule has 1 heterocycles. The summed E-state index contributed by atoms with van der Waals surface area (Å²) in [7, 11) is 0. The second-order valence-corrected chi connectivity index (χ2v) is 3.28. The van der Waals surface area contributed by atoms with Crippen LogP contribution in [0.15, 0.2) is 0 Å². The number of nitrogens with one attached hydrogen (secondary N) is 1. The highest BCUT2D eigenvalue weighted by atomic mass is 35.5. The highest BCUT2D eigenvalue weighted by Crippen LogP contribution is 2.08. The average molecular weight is 193 g/mol. The molecule has 1 aliphatic heterocycles. The fraction of sp³-hybridized carbons (Fsp3) is 0.875. The van der Waals surface area contributed by atoms with E-state index < -0.39 is 0 Å². The van der Waals surface area contributed by atoms with Gasteiger partial charge in [0.2, 0.25) is 5.91 Å². The first-order chi connectivity index (χ1) is 5.13. The van der Waals surface area contributed by atoms with Gasteiger partial charge in [-0.15, -0.1) is 12.4 Å². The van der Waals surface area contributed by atoms with Crippen molar-refractivity contribution in [3.63, 3.8) is 0 Å². The lowest BCUT2D eigenvalue weighted by Crippen LogP contribution is -2.56. The molecule has 1 N–H and O–H groups in total. The standard InChI is InChI=1S/C8H16N2O.ClH/c1-6-4-9-5-7(2)10(6)8(3)11;/h6-7,9H,4-5H2,1-3H3;1H/t6-,7-;/m0./s1. The molecule has 0 spiro atoms. The lowest BCUT2D eigenvalue weighted by Gasteiger charge is -2.38. The fourth-order valence-electron chi connectivity index (χ4n) is 1.75. The summed E-state index contributed by atoms with van der Waals surface area (Å²) >= 11 is 0. The number of rotatable bonds is 0. The van der Waals surface area contributed by atoms with E-state index in [0.717, 1.165) is 13.1 Å². The van der Waals surface area contributed by atoms with Crippen molar-refractivity contribution in [3.8, 4) is 0 Å². The van der Waals surface area contributed by atoms with Gasteiger partial charge in [0.1, 0.15) is 0 Å². The zero-order valence-corrected chi connectivity index (χ0v) is 8.65. The number of carbonyl (C=O) groups is 1. The van der Waals surface area contributed by atoms with Gasteiger partial charge >= 0.3 is 0 Å². The summed E-state index contributed by atoms with van der Waals surface area (Å²) in [5.41, 5.74) is 0. The van der Waals surface area contributed by atoms with E-state index in [0.29, 0.717) is 12.1 Å². The molecule has 0 aromatic heterocycles. The molecule has 0 saturated carbocycles. The topological polar surface area (TPSA) is 32.3 Å². The van der Waals surface area contributed by atoms with Crippen molar-refractivity contribution in [2.75, 3.05) is 13.1 Å². The largest absolute Gasteiger partial charge is 0.335 e. The summed E-state index contributed by atoms with van der Waals surface area (Å²) in [6.07, 6.45) is 0. The van der Waals surface area contributed by atoms with E-state index in [2.05, 4.69) is 19.2 Å². The third-order valence-corrected chi connectivity index (χ3v) is 2.19. The molecule has 0 aromatic rings. The second kappa shape index (κ2) is 4.67. The van der Waals surface area contributed by atoms with Gasteiger partial charge in [-0.05, 0) is 13.8 Å². The molecule has 0 aromatic carbocycles. The monoisotopic (exact) mass is 192 g/mol. The minimum Gasteiger partial charge on any atom is -0.335 e. The number of carbonyl (C=O) groups excluding carboxylic acids is 1. The lowest BCUT2D eigenvalue weighted by atomic mass is 10.1. The fourth-order valence-corrected chi connectivity index (χ4v) is 1.75. The molecular weight excluding hydrogens is 176 g/mol. The van der Waals surface area contributed by atoms with Gasteiger partial charge in [0.25, 0.3) is 0 Å². The summed E-state index contributed by atoms with van der Waals surface area (Å²) in [5, 5.41) is 3.28. The molecule has 2 atom stereocenters. The molecule has 1 rings (SSSR count). The normalized spacial score (nSPS) is 29.4. The molecule has 0 aliphatic carbocycles. The first-order valence-electron chi connectivity index (χ1n) is 4.12. The van der Waals surface area contributed by atoms with Gasteiger partial charge in [-0.25, -0.2) is 0 Å². The Hall–Kier alpha value is -0.280. The van der Waals surface area contributed by atoms with Gasteiger partial charge in [-0.2, -0.15) is 0 Å². The third-order valence-electron chi connectivity index (χ3n) is 2.19. The Morgan fingerprint density at radius 1 is 1.33 bits per heavy atom. The van der Waals surface area contributed by atoms with E-state index >= 15 is 0 Å². The smallest absolute Gasteiger partial charge is 0.220 e. The maximum Gasteiger partial charge on any atom is 0.220 e. The summed E-state index contributed by atoms with van der Waals surface area (Å²) < 4.78 is 0. The molecule has 1 aliphatic rings. The van der Waals surface area contributed by atoms with Gasteiger partial charge in [-0.1, -0.05) is 0 Å². The van der Waals surface area contributed by atoms with Crippen molar-refractivity contribution in [2.24, 2.45) is 0 Å². The Kier molecular flexibility index (Phi) is 4.57. The molecule has 0 bridgehead atoms. The van der Waals surface area contributed by atoms with Gasteiger partial charge in [0, 0.05) is 32.1 Å². The molecule has 0 radical (unpaired) electrons. The Balaban J connectivity index is 0.00000121. The Labute approximate surface area is 79.9 Å². The van der Waals surface area contributed by atoms with Crippen LogP contribution in [0.1, 0.15) is 20.8 Å². The number of hydrogen-bond acceptors (Lipinski definition) is 2. The Morgan fingerprint density at radius 3 is 2.00 bits per heavy atom. The van der Waals surface area contributed by atoms with Crippen LogP contribution in [0.4, 0.5) is 0 Å². The van der Waals surface area contributed by atoms with Crippen LogP contribution in [0.25, 0.3) is 0 Å². The Bertz CT molecular complexity index is 153. The van der Waals surface area contributed by atoms with E-state index in [-0.39, 0.29) is 18.3 Å². The van der Waals surface area contributed by atoms with Gasteiger partial charge in [-0.3, -0.25) is 4.79 Å². The predicted molar refractivity (Wildman–Crippen MR) is 51.6 cm³/mol. The van der Waals surface area contributed by atoms with Crippen LogP contribution in [0.5, 0.6) is 0 Å². The Morgan fingerprint density at radius 2 is 1.75 bits per heavy atom. The molecule has 1 saturated heterocycles.